The third-order valence-corrected chi connectivity index (χ3v) is 6.30. The number of aromatic nitrogens is 1. The number of rotatable bonds is 4. The second kappa shape index (κ2) is 8.74. The molecule has 31 heavy (non-hydrogen) atoms. The molecule has 1 atom stereocenters. The summed E-state index contributed by atoms with van der Waals surface area (Å²) in [5, 5.41) is 2.89. The number of benzene rings is 1. The molecule has 5 rings (SSSR count). The SMILES string of the molecule is O=C1Nc2cccnc2N(C(=O)CN2CCC[C@H]2CN2CCOCC2)c2ccccc21. The van der Waals surface area contributed by atoms with Gasteiger partial charge < -0.3 is 10.1 Å². The second-order valence-electron chi connectivity index (χ2n) is 8.25. The Balaban J connectivity index is 1.41. The molecule has 2 amide bonds. The van der Waals surface area contributed by atoms with E-state index in [1.165, 1.54) is 0 Å². The highest BCUT2D eigenvalue weighted by molar-refractivity contribution is 6.17. The highest BCUT2D eigenvalue weighted by atomic mass is 16.5. The van der Waals surface area contributed by atoms with Crippen LogP contribution >= 0.6 is 0 Å². The normalized spacial score (nSPS) is 21.9. The van der Waals surface area contributed by atoms with Crippen LogP contribution in [-0.4, -0.2) is 78.6 Å². The molecule has 4 heterocycles. The van der Waals surface area contributed by atoms with Gasteiger partial charge >= 0.3 is 0 Å². The average molecular weight is 422 g/mol. The van der Waals surface area contributed by atoms with E-state index in [-0.39, 0.29) is 11.8 Å². The van der Waals surface area contributed by atoms with Gasteiger partial charge in [0.05, 0.1) is 36.7 Å². The molecule has 2 fully saturated rings. The lowest BCUT2D eigenvalue weighted by Crippen LogP contribution is -2.47. The molecule has 2 aromatic rings. The largest absolute Gasteiger partial charge is 0.379 e. The number of carbonyl (C=O) groups is 2. The van der Waals surface area contributed by atoms with E-state index in [2.05, 4.69) is 20.1 Å². The van der Waals surface area contributed by atoms with E-state index >= 15 is 0 Å². The molecule has 0 spiro atoms. The van der Waals surface area contributed by atoms with Crippen molar-refractivity contribution in [1.29, 1.82) is 0 Å². The molecule has 3 aliphatic rings. The summed E-state index contributed by atoms with van der Waals surface area (Å²) in [5.74, 6) is 0.166. The molecule has 1 N–H and O–H groups in total. The van der Waals surface area contributed by atoms with Crippen molar-refractivity contribution in [1.82, 2.24) is 14.8 Å². The Bertz CT molecular complexity index is 975. The first-order chi connectivity index (χ1) is 15.2. The highest BCUT2D eigenvalue weighted by Crippen LogP contribution is 2.36. The van der Waals surface area contributed by atoms with Crippen LogP contribution in [0.2, 0.25) is 0 Å². The first-order valence-corrected chi connectivity index (χ1v) is 10.9. The van der Waals surface area contributed by atoms with Gasteiger partial charge in [-0.2, -0.15) is 0 Å². The third kappa shape index (κ3) is 4.06. The molecule has 0 bridgehead atoms. The fourth-order valence-electron chi connectivity index (χ4n) is 4.73. The van der Waals surface area contributed by atoms with Crippen molar-refractivity contribution in [2.75, 3.05) is 56.2 Å². The second-order valence-corrected chi connectivity index (χ2v) is 8.25. The third-order valence-electron chi connectivity index (χ3n) is 6.30. The number of hydrogen-bond donors (Lipinski definition) is 1. The molecule has 3 aliphatic heterocycles. The first kappa shape index (κ1) is 20.1. The van der Waals surface area contributed by atoms with Gasteiger partial charge in [0, 0.05) is 31.9 Å². The van der Waals surface area contributed by atoms with Crippen molar-refractivity contribution in [3.63, 3.8) is 0 Å². The van der Waals surface area contributed by atoms with Gasteiger partial charge in [-0.1, -0.05) is 12.1 Å². The van der Waals surface area contributed by atoms with Gasteiger partial charge in [-0.05, 0) is 43.7 Å². The lowest BCUT2D eigenvalue weighted by molar-refractivity contribution is -0.119. The zero-order valence-electron chi connectivity index (χ0n) is 17.5. The zero-order chi connectivity index (χ0) is 21.2. The number of nitrogens with one attached hydrogen (secondary N) is 1. The van der Waals surface area contributed by atoms with Gasteiger partial charge in [0.15, 0.2) is 5.82 Å². The van der Waals surface area contributed by atoms with Crippen molar-refractivity contribution in [2.45, 2.75) is 18.9 Å². The molecule has 8 heteroatoms. The lowest BCUT2D eigenvalue weighted by Gasteiger charge is -2.33. The molecular formula is C23H27N5O3. The first-order valence-electron chi connectivity index (χ1n) is 10.9. The molecule has 2 saturated heterocycles. The van der Waals surface area contributed by atoms with Gasteiger partial charge in [-0.25, -0.2) is 4.98 Å². The van der Waals surface area contributed by atoms with E-state index in [9.17, 15) is 9.59 Å². The Morgan fingerprint density at radius 3 is 2.84 bits per heavy atom. The number of morpholine rings is 1. The van der Waals surface area contributed by atoms with Gasteiger partial charge in [-0.3, -0.25) is 24.3 Å². The number of amides is 2. The summed E-state index contributed by atoms with van der Waals surface area (Å²) in [7, 11) is 0. The number of nitrogens with zero attached hydrogens (tertiary/aromatic N) is 4. The van der Waals surface area contributed by atoms with Crippen LogP contribution in [0.15, 0.2) is 42.6 Å². The minimum atomic E-state index is -0.230. The fraction of sp³-hybridized carbons (Fsp3) is 0.435. The Hall–Kier alpha value is -2.81. The maximum atomic E-state index is 13.6. The molecule has 162 valence electrons. The summed E-state index contributed by atoms with van der Waals surface area (Å²) in [6.45, 7) is 5.61. The smallest absolute Gasteiger partial charge is 0.257 e. The van der Waals surface area contributed by atoms with E-state index in [0.717, 1.165) is 52.2 Å². The topological polar surface area (TPSA) is 78.0 Å². The van der Waals surface area contributed by atoms with Crippen LogP contribution in [0.5, 0.6) is 0 Å². The quantitative estimate of drug-likeness (QED) is 0.815. The van der Waals surface area contributed by atoms with E-state index in [4.69, 9.17) is 4.74 Å². The van der Waals surface area contributed by atoms with Crippen molar-refractivity contribution >= 4 is 29.0 Å². The Kier molecular flexibility index (Phi) is 5.67. The van der Waals surface area contributed by atoms with Crippen LogP contribution in [0.1, 0.15) is 23.2 Å². The Morgan fingerprint density at radius 1 is 1.13 bits per heavy atom. The van der Waals surface area contributed by atoms with Crippen molar-refractivity contribution < 1.29 is 14.3 Å². The predicted molar refractivity (Wildman–Crippen MR) is 118 cm³/mol. The molecule has 1 aromatic heterocycles. The minimum absolute atomic E-state index is 0.0715. The molecule has 0 unspecified atom stereocenters. The Morgan fingerprint density at radius 2 is 1.97 bits per heavy atom. The van der Waals surface area contributed by atoms with E-state index in [1.54, 1.807) is 29.3 Å². The van der Waals surface area contributed by atoms with Crippen molar-refractivity contribution in [3.8, 4) is 0 Å². The maximum absolute atomic E-state index is 13.6. The lowest BCUT2D eigenvalue weighted by atomic mass is 10.1. The summed E-state index contributed by atoms with van der Waals surface area (Å²) < 4.78 is 5.47. The van der Waals surface area contributed by atoms with Crippen molar-refractivity contribution in [2.24, 2.45) is 0 Å². The zero-order valence-corrected chi connectivity index (χ0v) is 17.5. The Labute approximate surface area is 181 Å². The maximum Gasteiger partial charge on any atom is 0.257 e. The molecule has 0 radical (unpaired) electrons. The van der Waals surface area contributed by atoms with Crippen molar-refractivity contribution in [3.05, 3.63) is 48.2 Å². The van der Waals surface area contributed by atoms with E-state index in [1.807, 2.05) is 18.2 Å². The standard InChI is InChI=1S/C23H27N5O3/c29-21(16-27-10-4-5-17(27)15-26-11-13-31-14-12-26)28-20-8-2-1-6-18(20)23(30)25-19-7-3-9-24-22(19)28/h1-3,6-9,17H,4-5,10-16H2,(H,25,30)/t17-/m0/s1. The van der Waals surface area contributed by atoms with Gasteiger partial charge in [0.25, 0.3) is 5.91 Å². The summed E-state index contributed by atoms with van der Waals surface area (Å²) in [5.41, 5.74) is 1.59. The molecule has 0 saturated carbocycles. The molecule has 0 aliphatic carbocycles. The van der Waals surface area contributed by atoms with E-state index in [0.29, 0.717) is 35.3 Å². The summed E-state index contributed by atoms with van der Waals surface area (Å²) in [6.07, 6.45) is 3.83. The minimum Gasteiger partial charge on any atom is -0.379 e. The van der Waals surface area contributed by atoms with Gasteiger partial charge in [0.2, 0.25) is 5.91 Å². The highest BCUT2D eigenvalue weighted by Gasteiger charge is 2.34. The molecular weight excluding hydrogens is 394 g/mol. The summed E-state index contributed by atoms with van der Waals surface area (Å²) in [4.78, 5) is 37.2. The van der Waals surface area contributed by atoms with Crippen LogP contribution in [0.4, 0.5) is 17.2 Å². The summed E-state index contributed by atoms with van der Waals surface area (Å²) in [6, 6.07) is 11.1. The number of fused-ring (bicyclic) bond motifs is 2. The number of carbonyl (C=O) groups excluding carboxylic acids is 2. The van der Waals surface area contributed by atoms with Crippen LogP contribution in [0, 0.1) is 0 Å². The number of hydrogen-bond acceptors (Lipinski definition) is 6. The number of likely N-dealkylation sites (tertiary alicyclic amines) is 1. The van der Waals surface area contributed by atoms with Crippen LogP contribution in [0.3, 0.4) is 0 Å². The van der Waals surface area contributed by atoms with Crippen LogP contribution in [-0.2, 0) is 9.53 Å². The average Bonchev–Trinajstić information content (AvgIpc) is 3.17. The molecule has 8 nitrogen and oxygen atoms in total. The van der Waals surface area contributed by atoms with Crippen LogP contribution in [0.25, 0.3) is 0 Å². The van der Waals surface area contributed by atoms with Gasteiger partial charge in [0.1, 0.15) is 0 Å². The molecule has 1 aromatic carbocycles. The number of pyridine rings is 1. The van der Waals surface area contributed by atoms with E-state index < -0.39 is 0 Å². The number of anilines is 3. The fourth-order valence-corrected chi connectivity index (χ4v) is 4.73. The monoisotopic (exact) mass is 421 g/mol. The summed E-state index contributed by atoms with van der Waals surface area (Å²) >= 11 is 0. The van der Waals surface area contributed by atoms with Crippen LogP contribution < -0.4 is 10.2 Å². The number of ether oxygens (including phenoxy) is 1. The number of para-hydroxylation sites is 1. The van der Waals surface area contributed by atoms with Gasteiger partial charge in [-0.15, -0.1) is 0 Å². The predicted octanol–water partition coefficient (Wildman–Crippen LogP) is 2.11.